The quantitative estimate of drug-likeness (QED) is 0.289. The van der Waals surface area contributed by atoms with Gasteiger partial charge in [-0.05, 0) is 38.6 Å². The zero-order valence-electron chi connectivity index (χ0n) is 11.4. The van der Waals surface area contributed by atoms with Crippen molar-refractivity contribution in [2.75, 3.05) is 6.54 Å². The molecule has 4 nitrogen and oxygen atoms in total. The van der Waals surface area contributed by atoms with Crippen LogP contribution in [-0.2, 0) is 0 Å². The first kappa shape index (κ1) is 14.3. The summed E-state index contributed by atoms with van der Waals surface area (Å²) in [5.74, 6) is 1.15. The van der Waals surface area contributed by atoms with Crippen molar-refractivity contribution in [1.82, 2.24) is 5.32 Å². The Labute approximate surface area is 105 Å². The van der Waals surface area contributed by atoms with Crippen molar-refractivity contribution in [3.63, 3.8) is 0 Å². The monoisotopic (exact) mass is 241 g/mol. The molecule has 0 amide bonds. The van der Waals surface area contributed by atoms with E-state index in [1.54, 1.807) is 0 Å². The number of nitrogens with zero attached hydrogens (tertiary/aromatic N) is 1. The van der Waals surface area contributed by atoms with Crippen LogP contribution in [-0.4, -0.2) is 23.6 Å². The van der Waals surface area contributed by atoms with E-state index in [2.05, 4.69) is 17.4 Å². The third-order valence-corrected chi connectivity index (χ3v) is 4.12. The minimum Gasteiger partial charge on any atom is -0.409 e. The minimum atomic E-state index is -0.239. The lowest BCUT2D eigenvalue weighted by Crippen LogP contribution is -2.38. The van der Waals surface area contributed by atoms with Gasteiger partial charge in [0.25, 0.3) is 0 Å². The largest absolute Gasteiger partial charge is 0.409 e. The van der Waals surface area contributed by atoms with E-state index in [4.69, 9.17) is 10.9 Å². The van der Waals surface area contributed by atoms with Crippen LogP contribution < -0.4 is 11.1 Å². The molecule has 4 N–H and O–H groups in total. The lowest BCUT2D eigenvalue weighted by molar-refractivity contribution is 0.302. The van der Waals surface area contributed by atoms with E-state index >= 15 is 0 Å². The zero-order chi connectivity index (χ0) is 12.9. The molecule has 100 valence electrons. The lowest BCUT2D eigenvalue weighted by Gasteiger charge is -2.26. The predicted molar refractivity (Wildman–Crippen MR) is 71.2 cm³/mol. The molecule has 1 unspecified atom stereocenters. The molecule has 0 aromatic heterocycles. The van der Waals surface area contributed by atoms with Crippen molar-refractivity contribution in [3.05, 3.63) is 0 Å². The summed E-state index contributed by atoms with van der Waals surface area (Å²) in [5.41, 5.74) is 5.42. The summed E-state index contributed by atoms with van der Waals surface area (Å²) in [5, 5.41) is 15.4. The Morgan fingerprint density at radius 1 is 1.47 bits per heavy atom. The molecule has 1 aliphatic rings. The Balaban J connectivity index is 2.27. The molecule has 1 rings (SSSR count). The third-order valence-electron chi connectivity index (χ3n) is 4.12. The molecule has 1 saturated carbocycles. The maximum absolute atomic E-state index is 8.69. The second-order valence-corrected chi connectivity index (χ2v) is 5.91. The maximum atomic E-state index is 8.69. The van der Waals surface area contributed by atoms with Gasteiger partial charge >= 0.3 is 0 Å². The van der Waals surface area contributed by atoms with Crippen molar-refractivity contribution in [1.29, 1.82) is 0 Å². The molecule has 1 fully saturated rings. The third kappa shape index (κ3) is 4.19. The van der Waals surface area contributed by atoms with Crippen LogP contribution in [0.5, 0.6) is 0 Å². The molecule has 0 bridgehead atoms. The Morgan fingerprint density at radius 2 is 2.06 bits per heavy atom. The molecule has 4 heteroatoms. The number of nitrogens with one attached hydrogen (secondary N) is 1. The van der Waals surface area contributed by atoms with Gasteiger partial charge in [0.1, 0.15) is 5.84 Å². The molecule has 0 saturated heterocycles. The van der Waals surface area contributed by atoms with Crippen LogP contribution in [0.3, 0.4) is 0 Å². The number of nitrogens with two attached hydrogens (primary N) is 1. The normalized spacial score (nSPS) is 20.8. The van der Waals surface area contributed by atoms with Gasteiger partial charge in [0.05, 0.1) is 0 Å². The summed E-state index contributed by atoms with van der Waals surface area (Å²) >= 11 is 0. The summed E-state index contributed by atoms with van der Waals surface area (Å²) in [4.78, 5) is 0. The summed E-state index contributed by atoms with van der Waals surface area (Å²) in [6.07, 6.45) is 6.37. The first-order valence-electron chi connectivity index (χ1n) is 6.69. The van der Waals surface area contributed by atoms with Gasteiger partial charge in [-0.15, -0.1) is 0 Å². The van der Waals surface area contributed by atoms with Gasteiger partial charge in [-0.2, -0.15) is 0 Å². The molecule has 0 radical (unpaired) electrons. The van der Waals surface area contributed by atoms with Crippen LogP contribution in [0, 0.1) is 11.3 Å². The molecule has 0 spiro atoms. The highest BCUT2D eigenvalue weighted by Crippen LogP contribution is 2.27. The van der Waals surface area contributed by atoms with E-state index in [1.165, 1.54) is 25.7 Å². The van der Waals surface area contributed by atoms with Gasteiger partial charge in [0, 0.05) is 11.5 Å². The maximum Gasteiger partial charge on any atom is 0.144 e. The van der Waals surface area contributed by atoms with E-state index in [9.17, 15) is 0 Å². The summed E-state index contributed by atoms with van der Waals surface area (Å²) in [6.45, 7) is 7.20. The highest BCUT2D eigenvalue weighted by molar-refractivity contribution is 5.85. The van der Waals surface area contributed by atoms with E-state index in [0.29, 0.717) is 11.9 Å². The number of amidine groups is 1. The molecule has 0 aliphatic heterocycles. The van der Waals surface area contributed by atoms with Crippen molar-refractivity contribution in [2.45, 2.75) is 58.9 Å². The number of hydrogen-bond acceptors (Lipinski definition) is 3. The molecule has 0 heterocycles. The molecule has 17 heavy (non-hydrogen) atoms. The van der Waals surface area contributed by atoms with E-state index < -0.39 is 0 Å². The molecule has 0 aromatic rings. The van der Waals surface area contributed by atoms with Gasteiger partial charge in [-0.3, -0.25) is 0 Å². The van der Waals surface area contributed by atoms with Crippen LogP contribution in [0.2, 0.25) is 0 Å². The Bertz CT molecular complexity index is 257. The SMILES string of the molecule is CC(NCCC(C)(C)C(N)=NO)C1CCCC1. The number of hydrogen-bond donors (Lipinski definition) is 3. The standard InChI is InChI=1S/C13H27N3O/c1-10(11-6-4-5-7-11)15-9-8-13(2,3)12(14)16-17/h10-11,15,17H,4-9H2,1-3H3,(H2,14,16). The fourth-order valence-corrected chi connectivity index (χ4v) is 2.50. The fourth-order valence-electron chi connectivity index (χ4n) is 2.50. The van der Waals surface area contributed by atoms with Crippen LogP contribution >= 0.6 is 0 Å². The molecular weight excluding hydrogens is 214 g/mol. The Kier molecular flexibility index (Phi) is 5.25. The van der Waals surface area contributed by atoms with Gasteiger partial charge in [-0.25, -0.2) is 0 Å². The molecule has 1 atom stereocenters. The number of oxime groups is 1. The summed E-state index contributed by atoms with van der Waals surface area (Å²) < 4.78 is 0. The highest BCUT2D eigenvalue weighted by atomic mass is 16.4. The average Bonchev–Trinajstić information content (AvgIpc) is 2.80. The first-order chi connectivity index (χ1) is 7.97. The second kappa shape index (κ2) is 6.24. The molecule has 1 aliphatic carbocycles. The van der Waals surface area contributed by atoms with E-state index in [1.807, 2.05) is 13.8 Å². The Hall–Kier alpha value is -0.770. The van der Waals surface area contributed by atoms with Gasteiger partial charge < -0.3 is 16.3 Å². The van der Waals surface area contributed by atoms with Gasteiger partial charge in [0.2, 0.25) is 0 Å². The number of rotatable bonds is 6. The van der Waals surface area contributed by atoms with Crippen LogP contribution in [0.4, 0.5) is 0 Å². The van der Waals surface area contributed by atoms with Crippen molar-refractivity contribution >= 4 is 5.84 Å². The van der Waals surface area contributed by atoms with Crippen molar-refractivity contribution < 1.29 is 5.21 Å². The summed E-state index contributed by atoms with van der Waals surface area (Å²) in [6, 6.07) is 0.584. The topological polar surface area (TPSA) is 70.6 Å². The zero-order valence-corrected chi connectivity index (χ0v) is 11.4. The first-order valence-corrected chi connectivity index (χ1v) is 6.69. The fraction of sp³-hybridized carbons (Fsp3) is 0.923. The second-order valence-electron chi connectivity index (χ2n) is 5.91. The van der Waals surface area contributed by atoms with E-state index in [0.717, 1.165) is 18.9 Å². The van der Waals surface area contributed by atoms with Crippen molar-refractivity contribution in [3.8, 4) is 0 Å². The van der Waals surface area contributed by atoms with Gasteiger partial charge in [-0.1, -0.05) is 31.8 Å². The van der Waals surface area contributed by atoms with Gasteiger partial charge in [0.15, 0.2) is 0 Å². The minimum absolute atomic E-state index is 0.239. The van der Waals surface area contributed by atoms with Crippen LogP contribution in [0.15, 0.2) is 5.16 Å². The van der Waals surface area contributed by atoms with E-state index in [-0.39, 0.29) is 5.41 Å². The van der Waals surface area contributed by atoms with Crippen molar-refractivity contribution in [2.24, 2.45) is 22.2 Å². The highest BCUT2D eigenvalue weighted by Gasteiger charge is 2.25. The summed E-state index contributed by atoms with van der Waals surface area (Å²) in [7, 11) is 0. The molecule has 0 aromatic carbocycles. The smallest absolute Gasteiger partial charge is 0.144 e. The average molecular weight is 241 g/mol. The van der Waals surface area contributed by atoms with Crippen LogP contribution in [0.1, 0.15) is 52.9 Å². The lowest BCUT2D eigenvalue weighted by atomic mass is 9.88. The predicted octanol–water partition coefficient (Wildman–Crippen LogP) is 2.32. The Morgan fingerprint density at radius 3 is 2.59 bits per heavy atom. The molecular formula is C13H27N3O. The van der Waals surface area contributed by atoms with Crippen LogP contribution in [0.25, 0.3) is 0 Å².